The quantitative estimate of drug-likeness (QED) is 0.574. The average Bonchev–Trinajstić information content (AvgIpc) is 2.67. The van der Waals surface area contributed by atoms with Crippen molar-refractivity contribution in [3.63, 3.8) is 0 Å². The first-order valence-electron chi connectivity index (χ1n) is 9.95. The van der Waals surface area contributed by atoms with Gasteiger partial charge in [0, 0.05) is 6.54 Å². The molecule has 0 aliphatic rings. The van der Waals surface area contributed by atoms with Crippen LogP contribution in [0.1, 0.15) is 31.4 Å². The van der Waals surface area contributed by atoms with E-state index in [0.29, 0.717) is 0 Å². The van der Waals surface area contributed by atoms with Crippen molar-refractivity contribution >= 4 is 25.8 Å². The highest BCUT2D eigenvalue weighted by Crippen LogP contribution is 2.24. The summed E-state index contributed by atoms with van der Waals surface area (Å²) in [6, 6.07) is 10.9. The Morgan fingerprint density at radius 1 is 0.871 bits per heavy atom. The standard InChI is InChI=1S/C22H29NO6S2/c1-16(2)15-21(22(24)25)23(31(28,29)20-11-7-18(4)8-12-20)13-14-30(26,27)19-9-5-17(3)6-10-19/h5-12,16,21H,13-15H2,1-4H3,(H,24,25). The molecule has 2 rings (SSSR count). The fourth-order valence-electron chi connectivity index (χ4n) is 3.15. The number of carboxylic acid groups (broad SMARTS) is 1. The first-order chi connectivity index (χ1) is 14.3. The van der Waals surface area contributed by atoms with E-state index in [9.17, 15) is 26.7 Å². The molecule has 2 aromatic rings. The largest absolute Gasteiger partial charge is 0.480 e. The fraction of sp³-hybridized carbons (Fsp3) is 0.409. The zero-order valence-electron chi connectivity index (χ0n) is 18.1. The van der Waals surface area contributed by atoms with Crippen LogP contribution in [0, 0.1) is 19.8 Å². The van der Waals surface area contributed by atoms with Crippen molar-refractivity contribution < 1.29 is 26.7 Å². The van der Waals surface area contributed by atoms with Crippen molar-refractivity contribution in [2.24, 2.45) is 5.92 Å². The molecular weight excluding hydrogens is 438 g/mol. The van der Waals surface area contributed by atoms with Gasteiger partial charge in [-0.2, -0.15) is 4.31 Å². The summed E-state index contributed by atoms with van der Waals surface area (Å²) in [6.07, 6.45) is 0.0605. The fourth-order valence-corrected chi connectivity index (χ4v) is 6.08. The third-order valence-corrected chi connectivity index (χ3v) is 8.55. The molecule has 7 nitrogen and oxygen atoms in total. The second-order valence-electron chi connectivity index (χ2n) is 8.04. The first kappa shape index (κ1) is 25.0. The van der Waals surface area contributed by atoms with E-state index in [2.05, 4.69) is 0 Å². The summed E-state index contributed by atoms with van der Waals surface area (Å²) >= 11 is 0. The molecule has 1 atom stereocenters. The molecule has 1 N–H and O–H groups in total. The smallest absolute Gasteiger partial charge is 0.322 e. The molecule has 0 radical (unpaired) electrons. The number of sulfone groups is 1. The normalized spacial score (nSPS) is 13.5. The van der Waals surface area contributed by atoms with E-state index >= 15 is 0 Å². The summed E-state index contributed by atoms with van der Waals surface area (Å²) in [5.74, 6) is -1.94. The van der Waals surface area contributed by atoms with Gasteiger partial charge >= 0.3 is 5.97 Å². The lowest BCUT2D eigenvalue weighted by molar-refractivity contribution is -0.142. The molecule has 0 spiro atoms. The number of aliphatic carboxylic acids is 1. The van der Waals surface area contributed by atoms with Crippen molar-refractivity contribution in [3.05, 3.63) is 59.7 Å². The Balaban J connectivity index is 2.45. The molecule has 1 unspecified atom stereocenters. The van der Waals surface area contributed by atoms with E-state index in [1.165, 1.54) is 24.3 Å². The molecule has 0 saturated heterocycles. The van der Waals surface area contributed by atoms with Gasteiger partial charge in [-0.1, -0.05) is 49.2 Å². The minimum absolute atomic E-state index is 0.0605. The predicted molar refractivity (Wildman–Crippen MR) is 119 cm³/mol. The number of hydrogen-bond acceptors (Lipinski definition) is 5. The Labute approximate surface area is 184 Å². The van der Waals surface area contributed by atoms with E-state index in [4.69, 9.17) is 0 Å². The molecule has 0 saturated carbocycles. The van der Waals surface area contributed by atoms with Crippen LogP contribution in [-0.2, 0) is 24.7 Å². The van der Waals surface area contributed by atoms with E-state index in [-0.39, 0.29) is 22.1 Å². The van der Waals surface area contributed by atoms with Crippen LogP contribution in [0.4, 0.5) is 0 Å². The van der Waals surface area contributed by atoms with Gasteiger partial charge < -0.3 is 5.11 Å². The van der Waals surface area contributed by atoms with Gasteiger partial charge in [-0.15, -0.1) is 0 Å². The number of sulfonamides is 1. The maximum Gasteiger partial charge on any atom is 0.322 e. The van der Waals surface area contributed by atoms with Crippen molar-refractivity contribution in [3.8, 4) is 0 Å². The maximum atomic E-state index is 13.3. The van der Waals surface area contributed by atoms with Crippen LogP contribution in [0.15, 0.2) is 58.3 Å². The number of carboxylic acids is 1. The van der Waals surface area contributed by atoms with Crippen molar-refractivity contribution in [1.82, 2.24) is 4.31 Å². The van der Waals surface area contributed by atoms with Gasteiger partial charge in [0.25, 0.3) is 0 Å². The monoisotopic (exact) mass is 467 g/mol. The van der Waals surface area contributed by atoms with Crippen LogP contribution in [0.25, 0.3) is 0 Å². The molecule has 2 aromatic carbocycles. The number of rotatable bonds is 10. The molecule has 170 valence electrons. The highest BCUT2D eigenvalue weighted by atomic mass is 32.2. The summed E-state index contributed by atoms with van der Waals surface area (Å²) in [7, 11) is -8.04. The van der Waals surface area contributed by atoms with Crippen LogP contribution in [0.2, 0.25) is 0 Å². The van der Waals surface area contributed by atoms with Gasteiger partial charge in [0.15, 0.2) is 9.84 Å². The van der Waals surface area contributed by atoms with Crippen LogP contribution in [-0.4, -0.2) is 50.6 Å². The summed E-state index contributed by atoms with van der Waals surface area (Å²) in [5.41, 5.74) is 1.75. The van der Waals surface area contributed by atoms with Gasteiger partial charge in [-0.25, -0.2) is 16.8 Å². The molecule has 0 fully saturated rings. The van der Waals surface area contributed by atoms with Crippen molar-refractivity contribution in [2.75, 3.05) is 12.3 Å². The zero-order valence-corrected chi connectivity index (χ0v) is 19.8. The van der Waals surface area contributed by atoms with Crippen molar-refractivity contribution in [2.45, 2.75) is 49.9 Å². The van der Waals surface area contributed by atoms with Gasteiger partial charge in [-0.3, -0.25) is 4.79 Å². The Morgan fingerprint density at radius 2 is 1.32 bits per heavy atom. The predicted octanol–water partition coefficient (Wildman–Crippen LogP) is 3.27. The van der Waals surface area contributed by atoms with E-state index in [1.807, 2.05) is 6.92 Å². The average molecular weight is 468 g/mol. The molecule has 0 aliphatic heterocycles. The van der Waals surface area contributed by atoms with Crippen LogP contribution in [0.5, 0.6) is 0 Å². The molecule has 31 heavy (non-hydrogen) atoms. The summed E-state index contributed by atoms with van der Waals surface area (Å²) < 4.78 is 53.1. The molecule has 0 amide bonds. The van der Waals surface area contributed by atoms with Crippen LogP contribution >= 0.6 is 0 Å². The van der Waals surface area contributed by atoms with Gasteiger partial charge in [0.05, 0.1) is 15.5 Å². The Kier molecular flexibility index (Phi) is 8.02. The maximum absolute atomic E-state index is 13.3. The SMILES string of the molecule is Cc1ccc(S(=O)(=O)CCN(C(CC(C)C)C(=O)O)S(=O)(=O)c2ccc(C)cc2)cc1. The van der Waals surface area contributed by atoms with Gasteiger partial charge in [0.2, 0.25) is 10.0 Å². The lowest BCUT2D eigenvalue weighted by Crippen LogP contribution is -2.47. The number of hydrogen-bond donors (Lipinski definition) is 1. The van der Waals surface area contributed by atoms with Crippen LogP contribution < -0.4 is 0 Å². The second kappa shape index (κ2) is 9.93. The van der Waals surface area contributed by atoms with Crippen molar-refractivity contribution in [1.29, 1.82) is 0 Å². The highest BCUT2D eigenvalue weighted by Gasteiger charge is 2.37. The lowest BCUT2D eigenvalue weighted by Gasteiger charge is -2.29. The minimum Gasteiger partial charge on any atom is -0.480 e. The van der Waals surface area contributed by atoms with Gasteiger partial charge in [-0.05, 0) is 50.5 Å². The molecule has 0 aromatic heterocycles. The topological polar surface area (TPSA) is 109 Å². The second-order valence-corrected chi connectivity index (χ2v) is 12.0. The van der Waals surface area contributed by atoms with Crippen LogP contribution in [0.3, 0.4) is 0 Å². The summed E-state index contributed by atoms with van der Waals surface area (Å²) in [5, 5.41) is 9.77. The zero-order chi connectivity index (χ0) is 23.4. The Hall–Kier alpha value is -2.23. The van der Waals surface area contributed by atoms with E-state index in [1.54, 1.807) is 45.0 Å². The molecule has 0 aliphatic carbocycles. The number of aryl methyl sites for hydroxylation is 2. The van der Waals surface area contributed by atoms with E-state index < -0.39 is 44.2 Å². The number of benzene rings is 2. The molecule has 0 heterocycles. The Bertz CT molecular complexity index is 1110. The lowest BCUT2D eigenvalue weighted by atomic mass is 10.0. The molecule has 0 bridgehead atoms. The van der Waals surface area contributed by atoms with Gasteiger partial charge in [0.1, 0.15) is 6.04 Å². The summed E-state index contributed by atoms with van der Waals surface area (Å²) in [6.45, 7) is 6.75. The van der Waals surface area contributed by atoms with E-state index in [0.717, 1.165) is 15.4 Å². The number of carbonyl (C=O) groups is 1. The molecule has 9 heteroatoms. The third-order valence-electron chi connectivity index (χ3n) is 4.92. The Morgan fingerprint density at radius 3 is 1.74 bits per heavy atom. The first-order valence-corrected chi connectivity index (χ1v) is 13.0. The third kappa shape index (κ3) is 6.38. The molecular formula is C22H29NO6S2. The minimum atomic E-state index is -4.23. The number of nitrogens with zero attached hydrogens (tertiary/aromatic N) is 1. The summed E-state index contributed by atoms with van der Waals surface area (Å²) in [4.78, 5) is 12.0. The highest BCUT2D eigenvalue weighted by molar-refractivity contribution is 7.91.